The smallest absolute Gasteiger partial charge is 0.270 e. The van der Waals surface area contributed by atoms with Crippen LogP contribution in [0.1, 0.15) is 6.42 Å². The van der Waals surface area contributed by atoms with Crippen molar-refractivity contribution >= 4 is 17.5 Å². The van der Waals surface area contributed by atoms with E-state index in [4.69, 9.17) is 5.73 Å². The molecule has 1 aliphatic heterocycles. The lowest BCUT2D eigenvalue weighted by atomic mass is 9.99. The number of non-ortho nitro benzene ring substituents is 1. The van der Waals surface area contributed by atoms with Gasteiger partial charge in [-0.1, -0.05) is 42.5 Å². The Morgan fingerprint density at radius 2 is 1.77 bits per heavy atom. The van der Waals surface area contributed by atoms with E-state index in [1.807, 2.05) is 30.3 Å². The van der Waals surface area contributed by atoms with Crippen molar-refractivity contribution in [2.45, 2.75) is 6.42 Å². The molecular weight excluding hydrogens is 392 g/mol. The first kappa shape index (κ1) is 20.5. The molecule has 3 N–H and O–H groups in total. The van der Waals surface area contributed by atoms with E-state index in [-0.39, 0.29) is 16.6 Å². The second-order valence-electron chi connectivity index (χ2n) is 7.39. The molecule has 1 aromatic heterocycles. The normalized spacial score (nSPS) is 13.4. The number of rotatable bonds is 8. The first-order valence-corrected chi connectivity index (χ1v) is 10.2. The molecule has 0 fully saturated rings. The molecule has 0 spiro atoms. The van der Waals surface area contributed by atoms with Gasteiger partial charge in [0.15, 0.2) is 0 Å². The number of nitro benzene ring substituents is 1. The molecule has 0 amide bonds. The summed E-state index contributed by atoms with van der Waals surface area (Å²) in [6, 6.07) is 14.4. The summed E-state index contributed by atoms with van der Waals surface area (Å²) in [6.07, 6.45) is 7.07. The van der Waals surface area contributed by atoms with Crippen molar-refractivity contribution in [3.05, 3.63) is 77.0 Å². The van der Waals surface area contributed by atoms with Crippen LogP contribution in [-0.4, -0.2) is 46.0 Å². The highest BCUT2D eigenvalue weighted by atomic mass is 16.6. The number of hydrogen-bond donors (Lipinski definition) is 2. The molecule has 2 heterocycles. The lowest BCUT2D eigenvalue weighted by Crippen LogP contribution is -2.23. The molecule has 0 aliphatic carbocycles. The number of aromatic nitrogens is 2. The van der Waals surface area contributed by atoms with Crippen molar-refractivity contribution < 1.29 is 4.92 Å². The van der Waals surface area contributed by atoms with Gasteiger partial charge in [0.25, 0.3) is 5.69 Å². The van der Waals surface area contributed by atoms with Crippen LogP contribution in [0.4, 0.5) is 17.5 Å². The van der Waals surface area contributed by atoms with Gasteiger partial charge in [0, 0.05) is 50.1 Å². The fourth-order valence-electron chi connectivity index (χ4n) is 3.62. The lowest BCUT2D eigenvalue weighted by Gasteiger charge is -2.16. The number of nitrogens with one attached hydrogen (secondary N) is 1. The van der Waals surface area contributed by atoms with Gasteiger partial charge in [-0.3, -0.25) is 15.0 Å². The quantitative estimate of drug-likeness (QED) is 0.247. The predicted octanol–water partition coefficient (Wildman–Crippen LogP) is 3.97. The Morgan fingerprint density at radius 1 is 1.06 bits per heavy atom. The maximum Gasteiger partial charge on any atom is 0.270 e. The third kappa shape index (κ3) is 5.04. The number of nitro groups is 1. The van der Waals surface area contributed by atoms with Gasteiger partial charge in [-0.2, -0.15) is 4.98 Å². The molecule has 0 bridgehead atoms. The summed E-state index contributed by atoms with van der Waals surface area (Å²) in [7, 11) is 0. The van der Waals surface area contributed by atoms with Crippen LogP contribution >= 0.6 is 0 Å². The van der Waals surface area contributed by atoms with E-state index < -0.39 is 0 Å². The van der Waals surface area contributed by atoms with Gasteiger partial charge < -0.3 is 11.1 Å². The zero-order chi connectivity index (χ0) is 21.6. The fourth-order valence-corrected chi connectivity index (χ4v) is 3.62. The molecule has 31 heavy (non-hydrogen) atoms. The molecule has 4 rings (SSSR count). The Bertz CT molecular complexity index is 1110. The minimum Gasteiger partial charge on any atom is -0.369 e. The van der Waals surface area contributed by atoms with Crippen molar-refractivity contribution in [3.63, 3.8) is 0 Å². The molecule has 0 unspecified atom stereocenters. The van der Waals surface area contributed by atoms with Crippen LogP contribution in [0.2, 0.25) is 0 Å². The predicted molar refractivity (Wildman–Crippen MR) is 123 cm³/mol. The molecule has 3 aromatic rings. The second-order valence-corrected chi connectivity index (χ2v) is 7.39. The zero-order valence-corrected chi connectivity index (χ0v) is 17.1. The van der Waals surface area contributed by atoms with Gasteiger partial charge in [0.2, 0.25) is 5.95 Å². The summed E-state index contributed by atoms with van der Waals surface area (Å²) in [4.78, 5) is 21.7. The molecule has 0 radical (unpaired) electrons. The van der Waals surface area contributed by atoms with Crippen LogP contribution in [-0.2, 0) is 0 Å². The summed E-state index contributed by atoms with van der Waals surface area (Å²) in [6.45, 7) is 3.80. The largest absolute Gasteiger partial charge is 0.369 e. The number of nitrogens with two attached hydrogens (primary N) is 1. The number of hydrogen-bond acceptors (Lipinski definition) is 7. The first-order chi connectivity index (χ1) is 15.1. The van der Waals surface area contributed by atoms with Crippen LogP contribution in [0, 0.1) is 10.1 Å². The summed E-state index contributed by atoms with van der Waals surface area (Å²) < 4.78 is 0. The van der Waals surface area contributed by atoms with E-state index in [0.29, 0.717) is 5.82 Å². The van der Waals surface area contributed by atoms with Gasteiger partial charge in [-0.15, -0.1) is 0 Å². The Morgan fingerprint density at radius 3 is 2.55 bits per heavy atom. The van der Waals surface area contributed by atoms with Gasteiger partial charge >= 0.3 is 0 Å². The highest BCUT2D eigenvalue weighted by Gasteiger charge is 2.12. The van der Waals surface area contributed by atoms with Crippen LogP contribution in [0.3, 0.4) is 0 Å². The van der Waals surface area contributed by atoms with Gasteiger partial charge in [-0.05, 0) is 29.2 Å². The topological polar surface area (TPSA) is 110 Å². The van der Waals surface area contributed by atoms with Gasteiger partial charge in [-0.25, -0.2) is 4.98 Å². The van der Waals surface area contributed by atoms with Crippen molar-refractivity contribution in [2.75, 3.05) is 37.2 Å². The number of nitrogen functional groups attached to an aromatic ring is 1. The molecule has 0 saturated carbocycles. The van der Waals surface area contributed by atoms with Crippen LogP contribution in [0.15, 0.2) is 66.9 Å². The Labute approximate surface area is 180 Å². The second kappa shape index (κ2) is 9.36. The SMILES string of the molecule is Nc1ncc(-c2cccc(-c3cccc([N+](=O)[O-])c3)c2)c(NCCCN2CC=CC2)n1. The minimum atomic E-state index is -0.388. The Hall–Kier alpha value is -3.78. The molecule has 1 aliphatic rings. The third-order valence-corrected chi connectivity index (χ3v) is 5.21. The third-order valence-electron chi connectivity index (χ3n) is 5.21. The molecule has 0 saturated heterocycles. The minimum absolute atomic E-state index is 0.0641. The summed E-state index contributed by atoms with van der Waals surface area (Å²) in [5.74, 6) is 0.896. The molecular formula is C23H24N6O2. The maximum atomic E-state index is 11.1. The molecule has 2 aromatic carbocycles. The fraction of sp³-hybridized carbons (Fsp3) is 0.217. The van der Waals surface area contributed by atoms with E-state index in [1.54, 1.807) is 18.3 Å². The Kier molecular flexibility index (Phi) is 6.18. The van der Waals surface area contributed by atoms with E-state index in [0.717, 1.165) is 54.9 Å². The van der Waals surface area contributed by atoms with E-state index in [2.05, 4.69) is 32.3 Å². The lowest BCUT2D eigenvalue weighted by molar-refractivity contribution is -0.384. The average molecular weight is 416 g/mol. The van der Waals surface area contributed by atoms with Crippen LogP contribution in [0.25, 0.3) is 22.3 Å². The average Bonchev–Trinajstić information content (AvgIpc) is 3.31. The van der Waals surface area contributed by atoms with Crippen molar-refractivity contribution in [1.29, 1.82) is 0 Å². The summed E-state index contributed by atoms with van der Waals surface area (Å²) in [5.41, 5.74) is 9.31. The van der Waals surface area contributed by atoms with E-state index in [9.17, 15) is 10.1 Å². The summed E-state index contributed by atoms with van der Waals surface area (Å²) in [5, 5.41) is 14.5. The number of nitrogens with zero attached hydrogens (tertiary/aromatic N) is 4. The van der Waals surface area contributed by atoms with Crippen LogP contribution in [0.5, 0.6) is 0 Å². The zero-order valence-electron chi connectivity index (χ0n) is 17.1. The molecule has 8 nitrogen and oxygen atoms in total. The first-order valence-electron chi connectivity index (χ1n) is 10.2. The highest BCUT2D eigenvalue weighted by molar-refractivity contribution is 5.79. The van der Waals surface area contributed by atoms with Gasteiger partial charge in [0.1, 0.15) is 5.82 Å². The molecule has 8 heteroatoms. The summed E-state index contributed by atoms with van der Waals surface area (Å²) >= 11 is 0. The van der Waals surface area contributed by atoms with Crippen molar-refractivity contribution in [2.24, 2.45) is 0 Å². The van der Waals surface area contributed by atoms with E-state index in [1.165, 1.54) is 6.07 Å². The van der Waals surface area contributed by atoms with Gasteiger partial charge in [0.05, 0.1) is 4.92 Å². The van der Waals surface area contributed by atoms with E-state index >= 15 is 0 Å². The standard InChI is InChI=1S/C23H24N6O2/c24-23-26-16-21(22(27-23)25-10-5-13-28-11-1-2-12-28)19-8-3-6-17(14-19)18-7-4-9-20(15-18)29(30)31/h1-4,6-9,14-16H,5,10-13H2,(H3,24,25,26,27). The van der Waals surface area contributed by atoms with Crippen LogP contribution < -0.4 is 11.1 Å². The van der Waals surface area contributed by atoms with Crippen molar-refractivity contribution in [1.82, 2.24) is 14.9 Å². The number of benzene rings is 2. The molecule has 158 valence electrons. The highest BCUT2D eigenvalue weighted by Crippen LogP contribution is 2.31. The number of anilines is 2. The van der Waals surface area contributed by atoms with Crippen molar-refractivity contribution in [3.8, 4) is 22.3 Å². The molecule has 0 atom stereocenters. The maximum absolute atomic E-state index is 11.1. The monoisotopic (exact) mass is 416 g/mol. The Balaban J connectivity index is 1.54.